The zero-order chi connectivity index (χ0) is 22.1. The number of fused-ring (bicyclic) bond motifs is 3. The fourth-order valence-corrected chi connectivity index (χ4v) is 6.14. The van der Waals surface area contributed by atoms with Crippen molar-refractivity contribution in [1.82, 2.24) is 0 Å². The Hall–Kier alpha value is -2.35. The Labute approximate surface area is 185 Å². The van der Waals surface area contributed by atoms with Gasteiger partial charge in [-0.3, -0.25) is 0 Å². The molecule has 1 saturated carbocycles. The first kappa shape index (κ1) is 21.9. The average molecular weight is 420 g/mol. The van der Waals surface area contributed by atoms with Gasteiger partial charge in [-0.1, -0.05) is 43.3 Å². The van der Waals surface area contributed by atoms with Crippen LogP contribution in [0, 0.1) is 17.2 Å². The Kier molecular flexibility index (Phi) is 5.85. The molecular formula is C27H33NO3. The Morgan fingerprint density at radius 1 is 1.16 bits per heavy atom. The number of nitrogens with zero attached hydrogens (tertiary/aromatic N) is 1. The Balaban J connectivity index is 1.66. The van der Waals surface area contributed by atoms with Crippen LogP contribution in [0.25, 0.3) is 0 Å². The van der Waals surface area contributed by atoms with Crippen molar-refractivity contribution in [2.24, 2.45) is 5.92 Å². The minimum atomic E-state index is -1.25. The second-order valence-electron chi connectivity index (χ2n) is 9.56. The average Bonchev–Trinajstić information content (AvgIpc) is 2.78. The maximum Gasteiger partial charge on any atom is 0.119 e. The molecule has 2 aliphatic rings. The van der Waals surface area contributed by atoms with E-state index < -0.39 is 11.2 Å². The Bertz CT molecular complexity index is 964. The molecule has 0 heterocycles. The summed E-state index contributed by atoms with van der Waals surface area (Å²) in [6.45, 7) is 4.55. The number of aryl methyl sites for hydroxylation is 1. The second-order valence-corrected chi connectivity index (χ2v) is 9.56. The molecule has 164 valence electrons. The molecule has 0 saturated heterocycles. The van der Waals surface area contributed by atoms with Crippen molar-refractivity contribution in [3.05, 3.63) is 65.2 Å². The summed E-state index contributed by atoms with van der Waals surface area (Å²) in [6.07, 6.45) is 5.19. The number of unbranched alkanes of at least 4 members (excludes halogenated alkanes) is 1. The molecule has 0 radical (unpaired) electrons. The van der Waals surface area contributed by atoms with Gasteiger partial charge in [0.25, 0.3) is 0 Å². The highest BCUT2D eigenvalue weighted by molar-refractivity contribution is 5.45. The van der Waals surface area contributed by atoms with E-state index in [4.69, 9.17) is 10.00 Å². The first-order valence-electron chi connectivity index (χ1n) is 11.5. The number of rotatable bonds is 6. The SMILES string of the molecule is CC[C@@]12C[C@@](C)(O)[C@](O)(c3ccccc3)C[C@H]1CCc1cc(OCCCC#N)ccc12. The molecule has 4 nitrogen and oxygen atoms in total. The zero-order valence-corrected chi connectivity index (χ0v) is 18.6. The fraction of sp³-hybridized carbons (Fsp3) is 0.519. The lowest BCUT2D eigenvalue weighted by Gasteiger charge is -2.59. The van der Waals surface area contributed by atoms with Gasteiger partial charge in [-0.05, 0) is 80.2 Å². The molecule has 1 fully saturated rings. The van der Waals surface area contributed by atoms with Crippen LogP contribution in [0.4, 0.5) is 0 Å². The highest BCUT2D eigenvalue weighted by Crippen LogP contribution is 2.60. The first-order chi connectivity index (χ1) is 14.9. The van der Waals surface area contributed by atoms with Crippen molar-refractivity contribution in [1.29, 1.82) is 5.26 Å². The van der Waals surface area contributed by atoms with E-state index >= 15 is 0 Å². The molecule has 0 aromatic heterocycles. The lowest BCUT2D eigenvalue weighted by atomic mass is 9.49. The van der Waals surface area contributed by atoms with Gasteiger partial charge >= 0.3 is 0 Å². The maximum atomic E-state index is 11.8. The van der Waals surface area contributed by atoms with Crippen LogP contribution in [0.2, 0.25) is 0 Å². The fourth-order valence-electron chi connectivity index (χ4n) is 6.14. The van der Waals surface area contributed by atoms with Gasteiger partial charge in [0.05, 0.1) is 18.3 Å². The number of benzene rings is 2. The van der Waals surface area contributed by atoms with Gasteiger partial charge < -0.3 is 14.9 Å². The zero-order valence-electron chi connectivity index (χ0n) is 18.6. The molecule has 31 heavy (non-hydrogen) atoms. The minimum absolute atomic E-state index is 0.155. The number of aliphatic hydroxyl groups is 2. The molecule has 2 aromatic rings. The van der Waals surface area contributed by atoms with Crippen molar-refractivity contribution < 1.29 is 14.9 Å². The molecule has 4 heteroatoms. The molecule has 2 aromatic carbocycles. The third-order valence-electron chi connectivity index (χ3n) is 7.83. The number of nitriles is 1. The number of hydrogen-bond donors (Lipinski definition) is 2. The molecule has 0 spiro atoms. The van der Waals surface area contributed by atoms with E-state index in [1.54, 1.807) is 6.92 Å². The number of hydrogen-bond acceptors (Lipinski definition) is 4. The van der Waals surface area contributed by atoms with Crippen molar-refractivity contribution in [3.8, 4) is 11.8 Å². The van der Waals surface area contributed by atoms with Crippen LogP contribution in [-0.2, 0) is 17.4 Å². The molecule has 2 aliphatic carbocycles. The summed E-state index contributed by atoms with van der Waals surface area (Å²) in [7, 11) is 0. The summed E-state index contributed by atoms with van der Waals surface area (Å²) in [5.41, 5.74) is 0.748. The Morgan fingerprint density at radius 3 is 2.65 bits per heavy atom. The van der Waals surface area contributed by atoms with E-state index in [0.717, 1.165) is 37.0 Å². The van der Waals surface area contributed by atoms with Crippen molar-refractivity contribution in [3.63, 3.8) is 0 Å². The maximum absolute atomic E-state index is 11.8. The van der Waals surface area contributed by atoms with E-state index in [-0.39, 0.29) is 5.41 Å². The van der Waals surface area contributed by atoms with Crippen molar-refractivity contribution in [2.75, 3.05) is 6.61 Å². The van der Waals surface area contributed by atoms with Gasteiger partial charge in [0.2, 0.25) is 0 Å². The summed E-state index contributed by atoms with van der Waals surface area (Å²) < 4.78 is 5.87. The van der Waals surface area contributed by atoms with Crippen LogP contribution in [0.5, 0.6) is 5.75 Å². The molecule has 0 aliphatic heterocycles. The van der Waals surface area contributed by atoms with Crippen LogP contribution >= 0.6 is 0 Å². The first-order valence-corrected chi connectivity index (χ1v) is 11.5. The molecule has 4 rings (SSSR count). The third-order valence-corrected chi connectivity index (χ3v) is 7.83. The van der Waals surface area contributed by atoms with E-state index in [1.165, 1.54) is 11.1 Å². The van der Waals surface area contributed by atoms with Gasteiger partial charge in [0, 0.05) is 11.8 Å². The highest BCUT2D eigenvalue weighted by Gasteiger charge is 2.60. The van der Waals surface area contributed by atoms with Crippen LogP contribution in [0.15, 0.2) is 48.5 Å². The van der Waals surface area contributed by atoms with Gasteiger partial charge in [0.15, 0.2) is 0 Å². The van der Waals surface area contributed by atoms with Crippen molar-refractivity contribution in [2.45, 2.75) is 75.4 Å². The predicted octanol–water partition coefficient (Wildman–Crippen LogP) is 5.01. The van der Waals surface area contributed by atoms with Crippen LogP contribution in [-0.4, -0.2) is 22.4 Å². The van der Waals surface area contributed by atoms with Crippen LogP contribution < -0.4 is 4.74 Å². The largest absolute Gasteiger partial charge is 0.494 e. The molecule has 2 N–H and O–H groups in total. The van der Waals surface area contributed by atoms with Crippen molar-refractivity contribution >= 4 is 0 Å². The third kappa shape index (κ3) is 3.64. The molecular weight excluding hydrogens is 386 g/mol. The van der Waals surface area contributed by atoms with E-state index in [9.17, 15) is 10.2 Å². The molecule has 0 amide bonds. The lowest BCUT2D eigenvalue weighted by molar-refractivity contribution is -0.205. The summed E-state index contributed by atoms with van der Waals surface area (Å²) in [5.74, 6) is 1.16. The Morgan fingerprint density at radius 2 is 1.94 bits per heavy atom. The molecule has 4 atom stereocenters. The number of ether oxygens (including phenoxy) is 1. The van der Waals surface area contributed by atoms with Crippen LogP contribution in [0.3, 0.4) is 0 Å². The predicted molar refractivity (Wildman–Crippen MR) is 121 cm³/mol. The highest BCUT2D eigenvalue weighted by atomic mass is 16.5. The summed E-state index contributed by atoms with van der Waals surface area (Å²) >= 11 is 0. The van der Waals surface area contributed by atoms with Gasteiger partial charge in [-0.25, -0.2) is 0 Å². The van der Waals surface area contributed by atoms with Gasteiger partial charge in [-0.2, -0.15) is 5.26 Å². The topological polar surface area (TPSA) is 73.5 Å². The second kappa shape index (κ2) is 8.30. The van der Waals surface area contributed by atoms with E-state index in [2.05, 4.69) is 25.1 Å². The summed E-state index contributed by atoms with van der Waals surface area (Å²) in [5, 5.41) is 32.1. The quantitative estimate of drug-likeness (QED) is 0.646. The minimum Gasteiger partial charge on any atom is -0.494 e. The van der Waals surface area contributed by atoms with E-state index in [1.807, 2.05) is 36.4 Å². The van der Waals surface area contributed by atoms with E-state index in [0.29, 0.717) is 31.8 Å². The molecule has 0 bridgehead atoms. The molecule has 0 unspecified atom stereocenters. The normalized spacial score (nSPS) is 31.9. The lowest BCUT2D eigenvalue weighted by Crippen LogP contribution is -2.62. The summed E-state index contributed by atoms with van der Waals surface area (Å²) in [4.78, 5) is 0. The standard InChI is InChI=1S/C27H33NO3/c1-3-26-19-25(2,29)27(30,21-9-5-4-6-10-21)18-22(26)12-11-20-17-23(13-14-24(20)26)31-16-8-7-15-28/h4-6,9-10,13-14,17,22,29-30H,3,7-8,11-12,16,18-19H2,1-2H3/t22-,25-,26-,27-/m1/s1. The van der Waals surface area contributed by atoms with Crippen LogP contribution in [0.1, 0.15) is 69.1 Å². The monoisotopic (exact) mass is 419 g/mol. The van der Waals surface area contributed by atoms with Gasteiger partial charge in [-0.15, -0.1) is 0 Å². The van der Waals surface area contributed by atoms with Gasteiger partial charge in [0.1, 0.15) is 11.4 Å². The summed E-state index contributed by atoms with van der Waals surface area (Å²) in [6, 6.07) is 18.2. The smallest absolute Gasteiger partial charge is 0.119 e.